The van der Waals surface area contributed by atoms with Gasteiger partial charge in [-0.15, -0.1) is 0 Å². The van der Waals surface area contributed by atoms with E-state index in [-0.39, 0.29) is 53.1 Å². The lowest BCUT2D eigenvalue weighted by Crippen LogP contribution is -2.57. The van der Waals surface area contributed by atoms with Gasteiger partial charge in [-0.05, 0) is 55.2 Å². The topological polar surface area (TPSA) is 55.4 Å². The van der Waals surface area contributed by atoms with Crippen LogP contribution >= 0.6 is 0 Å². The number of carbonyl (C=O) groups is 2. The molecular weight excluding hydrogens is 345 g/mol. The largest absolute Gasteiger partial charge is 0.462 e. The monoisotopic (exact) mass is 373 g/mol. The summed E-state index contributed by atoms with van der Waals surface area (Å²) >= 11 is 0. The molecule has 4 nitrogen and oxygen atoms in total. The fourth-order valence-electron chi connectivity index (χ4n) is 5.91. The van der Waals surface area contributed by atoms with Crippen LogP contribution in [0.3, 0.4) is 0 Å². The molecule has 0 aromatic heterocycles. The molecule has 1 heterocycles. The van der Waals surface area contributed by atoms with Crippen LogP contribution in [-0.4, -0.2) is 24.0 Å². The molecule has 1 saturated heterocycles. The van der Waals surface area contributed by atoms with E-state index in [0.717, 1.165) is 25.7 Å². The Morgan fingerprint density at radius 3 is 2.74 bits per heavy atom. The van der Waals surface area contributed by atoms with E-state index in [9.17, 15) is 14.0 Å². The summed E-state index contributed by atoms with van der Waals surface area (Å²) in [5.41, 5.74) is 0.489. The van der Waals surface area contributed by atoms with Gasteiger partial charge in [0.15, 0.2) is 0 Å². The maximum atomic E-state index is 13.4. The highest BCUT2D eigenvalue weighted by Crippen LogP contribution is 2.57. The molecule has 0 spiro atoms. The number of halogens is 1. The van der Waals surface area contributed by atoms with Gasteiger partial charge in [0.1, 0.15) is 11.9 Å². The van der Waals surface area contributed by atoms with Crippen molar-refractivity contribution in [3.63, 3.8) is 0 Å². The minimum Gasteiger partial charge on any atom is -0.462 e. The first-order chi connectivity index (χ1) is 12.8. The fourth-order valence-corrected chi connectivity index (χ4v) is 5.91. The number of ether oxygens (including phenoxy) is 1. The zero-order valence-corrected chi connectivity index (χ0v) is 16.2. The Bertz CT molecular complexity index is 766. The molecule has 7 atom stereocenters. The van der Waals surface area contributed by atoms with Gasteiger partial charge in [-0.3, -0.25) is 9.59 Å². The Balaban J connectivity index is 1.54. The van der Waals surface area contributed by atoms with Crippen LogP contribution in [0.5, 0.6) is 0 Å². The van der Waals surface area contributed by atoms with Crippen molar-refractivity contribution in [2.24, 2.45) is 29.1 Å². The van der Waals surface area contributed by atoms with E-state index in [1.807, 2.05) is 6.92 Å². The molecule has 1 aliphatic heterocycles. The fraction of sp³-hybridized carbons (Fsp3) is 0.636. The van der Waals surface area contributed by atoms with Crippen LogP contribution in [0.2, 0.25) is 0 Å². The van der Waals surface area contributed by atoms with Crippen molar-refractivity contribution >= 4 is 11.9 Å². The third-order valence-corrected chi connectivity index (χ3v) is 7.53. The number of hydrogen-bond acceptors (Lipinski definition) is 3. The molecule has 1 aromatic carbocycles. The lowest BCUT2D eigenvalue weighted by atomic mass is 9.52. The van der Waals surface area contributed by atoms with Gasteiger partial charge in [-0.2, -0.15) is 0 Å². The molecule has 1 amide bonds. The summed E-state index contributed by atoms with van der Waals surface area (Å²) in [5, 5.41) is 3.12. The third kappa shape index (κ3) is 3.05. The van der Waals surface area contributed by atoms with Gasteiger partial charge in [-0.1, -0.05) is 26.8 Å². The summed E-state index contributed by atoms with van der Waals surface area (Å²) in [4.78, 5) is 24.8. The first-order valence-electron chi connectivity index (χ1n) is 10.1. The standard InChI is InChI=1S/C22H28FNO3/c1-12-16-7-9-22(3)10-8-17(13(2)18(22)19(16)27-21(12)26)24-20(25)14-5-4-6-15(23)11-14/h4-6,11-13,16-19H,7-10H2,1-3H3,(H,24,25)/t12-,13-,16-,17-,18+,19+,22+/m0/s1. The highest BCUT2D eigenvalue weighted by Gasteiger charge is 2.58. The molecule has 1 N–H and O–H groups in total. The molecule has 146 valence electrons. The normalized spacial score (nSPS) is 40.7. The smallest absolute Gasteiger partial charge is 0.309 e. The average Bonchev–Trinajstić information content (AvgIpc) is 2.91. The van der Waals surface area contributed by atoms with Crippen molar-refractivity contribution < 1.29 is 18.7 Å². The molecule has 1 aromatic rings. The number of hydrogen-bond donors (Lipinski definition) is 1. The molecule has 2 aliphatic carbocycles. The number of fused-ring (bicyclic) bond motifs is 3. The van der Waals surface area contributed by atoms with Gasteiger partial charge < -0.3 is 10.1 Å². The van der Waals surface area contributed by atoms with Gasteiger partial charge in [0.2, 0.25) is 0 Å². The molecular formula is C22H28FNO3. The molecule has 0 unspecified atom stereocenters. The zero-order chi connectivity index (χ0) is 19.3. The molecule has 3 fully saturated rings. The number of carbonyl (C=O) groups excluding carboxylic acids is 2. The second kappa shape index (κ2) is 6.61. The Morgan fingerprint density at radius 1 is 1.26 bits per heavy atom. The lowest BCUT2D eigenvalue weighted by molar-refractivity contribution is -0.153. The van der Waals surface area contributed by atoms with Gasteiger partial charge in [0.05, 0.1) is 5.92 Å². The van der Waals surface area contributed by atoms with Crippen LogP contribution in [0, 0.1) is 34.9 Å². The number of nitrogens with one attached hydrogen (secondary N) is 1. The number of benzene rings is 1. The SMILES string of the molecule is C[C@@H]1[C@@H]2[C@@H]3OC(=O)[C@@H](C)[C@@H]3CC[C@]2(C)CC[C@@H]1NC(=O)c1cccc(F)c1. The summed E-state index contributed by atoms with van der Waals surface area (Å²) in [5.74, 6) is -0.0195. The van der Waals surface area contributed by atoms with Gasteiger partial charge in [0.25, 0.3) is 5.91 Å². The van der Waals surface area contributed by atoms with Crippen LogP contribution in [-0.2, 0) is 9.53 Å². The molecule has 27 heavy (non-hydrogen) atoms. The van der Waals surface area contributed by atoms with E-state index < -0.39 is 5.82 Å². The predicted octanol–water partition coefficient (Wildman–Crippen LogP) is 3.95. The predicted molar refractivity (Wildman–Crippen MR) is 99.4 cm³/mol. The van der Waals surface area contributed by atoms with Crippen molar-refractivity contribution in [2.45, 2.75) is 58.6 Å². The molecule has 0 radical (unpaired) electrons. The minimum atomic E-state index is -0.408. The highest BCUT2D eigenvalue weighted by atomic mass is 19.1. The summed E-state index contributed by atoms with van der Waals surface area (Å²) in [6.45, 7) is 6.45. The van der Waals surface area contributed by atoms with Crippen molar-refractivity contribution in [2.75, 3.05) is 0 Å². The van der Waals surface area contributed by atoms with Crippen LogP contribution in [0.1, 0.15) is 56.8 Å². The van der Waals surface area contributed by atoms with E-state index in [1.165, 1.54) is 12.1 Å². The maximum absolute atomic E-state index is 13.4. The summed E-state index contributed by atoms with van der Waals surface area (Å²) in [6, 6.07) is 5.80. The molecule has 2 saturated carbocycles. The Kier molecular flexibility index (Phi) is 4.52. The van der Waals surface area contributed by atoms with Crippen molar-refractivity contribution in [3.05, 3.63) is 35.6 Å². The number of amides is 1. The van der Waals surface area contributed by atoms with Crippen LogP contribution < -0.4 is 5.32 Å². The van der Waals surface area contributed by atoms with Gasteiger partial charge in [-0.25, -0.2) is 4.39 Å². The maximum Gasteiger partial charge on any atom is 0.309 e. The first kappa shape index (κ1) is 18.5. The van der Waals surface area contributed by atoms with E-state index in [2.05, 4.69) is 19.2 Å². The zero-order valence-electron chi connectivity index (χ0n) is 16.2. The van der Waals surface area contributed by atoms with Gasteiger partial charge >= 0.3 is 5.97 Å². The van der Waals surface area contributed by atoms with Crippen molar-refractivity contribution in [3.8, 4) is 0 Å². The average molecular weight is 373 g/mol. The van der Waals surface area contributed by atoms with Crippen molar-refractivity contribution in [1.82, 2.24) is 5.32 Å². The first-order valence-corrected chi connectivity index (χ1v) is 10.1. The van der Waals surface area contributed by atoms with E-state index >= 15 is 0 Å². The summed E-state index contributed by atoms with van der Waals surface area (Å²) in [7, 11) is 0. The second-order valence-electron chi connectivity index (χ2n) is 9.06. The van der Waals surface area contributed by atoms with Gasteiger partial charge in [0, 0.05) is 23.4 Å². The molecule has 4 rings (SSSR count). The molecule has 0 bridgehead atoms. The van der Waals surface area contributed by atoms with Crippen LogP contribution in [0.25, 0.3) is 0 Å². The molecule has 5 heteroatoms. The van der Waals surface area contributed by atoms with Crippen LogP contribution in [0.15, 0.2) is 24.3 Å². The quantitative estimate of drug-likeness (QED) is 0.799. The van der Waals surface area contributed by atoms with E-state index in [0.29, 0.717) is 5.56 Å². The second-order valence-corrected chi connectivity index (χ2v) is 9.06. The Hall–Kier alpha value is -1.91. The summed E-state index contributed by atoms with van der Waals surface area (Å²) in [6.07, 6.45) is 4.00. The summed E-state index contributed by atoms with van der Waals surface area (Å²) < 4.78 is 19.3. The van der Waals surface area contributed by atoms with Crippen LogP contribution in [0.4, 0.5) is 4.39 Å². The number of esters is 1. The van der Waals surface area contributed by atoms with E-state index in [1.54, 1.807) is 12.1 Å². The van der Waals surface area contributed by atoms with Crippen molar-refractivity contribution in [1.29, 1.82) is 0 Å². The third-order valence-electron chi connectivity index (χ3n) is 7.53. The minimum absolute atomic E-state index is 0.00667. The molecule has 3 aliphatic rings. The highest BCUT2D eigenvalue weighted by molar-refractivity contribution is 5.94. The number of rotatable bonds is 2. The van der Waals surface area contributed by atoms with E-state index in [4.69, 9.17) is 4.74 Å². The Labute approximate surface area is 159 Å². The lowest BCUT2D eigenvalue weighted by Gasteiger charge is -2.54. The Morgan fingerprint density at radius 2 is 2.00 bits per heavy atom.